The Morgan fingerprint density at radius 1 is 1.56 bits per heavy atom. The maximum atomic E-state index is 11.9. The van der Waals surface area contributed by atoms with E-state index in [1.165, 1.54) is 0 Å². The number of nitrogens with zero attached hydrogens (tertiary/aromatic N) is 1. The van der Waals surface area contributed by atoms with Crippen LogP contribution in [-0.4, -0.2) is 10.9 Å². The Morgan fingerprint density at radius 3 is 2.94 bits per heavy atom. The number of anilines is 1. The quantitative estimate of drug-likeness (QED) is 0.912. The van der Waals surface area contributed by atoms with Gasteiger partial charge < -0.3 is 15.5 Å². The third-order valence-electron chi connectivity index (χ3n) is 2.36. The number of hydrogen-bond acceptors (Lipinski definition) is 4. The normalized spacial score (nSPS) is 10.4. The van der Waals surface area contributed by atoms with Crippen molar-refractivity contribution >= 4 is 27.7 Å². The van der Waals surface area contributed by atoms with E-state index in [1.807, 2.05) is 13.0 Å². The SMILES string of the molecule is Cc1cc(Br)cnc1NC(=O)c1ccc(CN)o1. The Kier molecular flexibility index (Phi) is 3.78. The minimum Gasteiger partial charge on any atom is -0.455 e. The summed E-state index contributed by atoms with van der Waals surface area (Å²) in [5.74, 6) is 0.960. The van der Waals surface area contributed by atoms with Gasteiger partial charge in [-0.15, -0.1) is 0 Å². The number of pyridine rings is 1. The Balaban J connectivity index is 2.16. The van der Waals surface area contributed by atoms with Crippen LogP contribution in [0.5, 0.6) is 0 Å². The highest BCUT2D eigenvalue weighted by atomic mass is 79.9. The van der Waals surface area contributed by atoms with Gasteiger partial charge in [-0.1, -0.05) is 0 Å². The first-order valence-electron chi connectivity index (χ1n) is 5.32. The van der Waals surface area contributed by atoms with Crippen molar-refractivity contribution in [2.45, 2.75) is 13.5 Å². The number of rotatable bonds is 3. The van der Waals surface area contributed by atoms with Gasteiger partial charge in [-0.25, -0.2) is 4.98 Å². The van der Waals surface area contributed by atoms with Gasteiger partial charge in [-0.3, -0.25) is 4.79 Å². The molecule has 0 aliphatic rings. The molecule has 0 aromatic carbocycles. The molecule has 0 unspecified atom stereocenters. The van der Waals surface area contributed by atoms with E-state index >= 15 is 0 Å². The lowest BCUT2D eigenvalue weighted by molar-refractivity contribution is 0.0994. The highest BCUT2D eigenvalue weighted by Gasteiger charge is 2.12. The van der Waals surface area contributed by atoms with E-state index in [-0.39, 0.29) is 18.2 Å². The number of nitrogens with one attached hydrogen (secondary N) is 1. The first-order valence-corrected chi connectivity index (χ1v) is 6.11. The number of amides is 1. The maximum absolute atomic E-state index is 11.9. The molecule has 0 saturated carbocycles. The fourth-order valence-electron chi connectivity index (χ4n) is 1.45. The van der Waals surface area contributed by atoms with Crippen LogP contribution in [0.15, 0.2) is 33.3 Å². The lowest BCUT2D eigenvalue weighted by atomic mass is 10.3. The van der Waals surface area contributed by atoms with E-state index in [1.54, 1.807) is 18.3 Å². The van der Waals surface area contributed by atoms with Gasteiger partial charge in [0.2, 0.25) is 0 Å². The van der Waals surface area contributed by atoms with Crippen molar-refractivity contribution in [1.29, 1.82) is 0 Å². The summed E-state index contributed by atoms with van der Waals surface area (Å²) in [6.07, 6.45) is 1.62. The average Bonchev–Trinajstić information content (AvgIpc) is 2.81. The smallest absolute Gasteiger partial charge is 0.292 e. The molecular weight excluding hydrogens is 298 g/mol. The van der Waals surface area contributed by atoms with Crippen LogP contribution in [0.2, 0.25) is 0 Å². The van der Waals surface area contributed by atoms with Crippen LogP contribution in [-0.2, 0) is 6.54 Å². The molecule has 0 aliphatic carbocycles. The number of nitrogens with two attached hydrogens (primary N) is 1. The van der Waals surface area contributed by atoms with E-state index in [0.29, 0.717) is 11.6 Å². The van der Waals surface area contributed by atoms with Crippen LogP contribution in [0.3, 0.4) is 0 Å². The molecule has 2 heterocycles. The third-order valence-corrected chi connectivity index (χ3v) is 2.80. The van der Waals surface area contributed by atoms with Crippen LogP contribution < -0.4 is 11.1 Å². The third kappa shape index (κ3) is 2.77. The molecule has 2 rings (SSSR count). The first kappa shape index (κ1) is 12.8. The summed E-state index contributed by atoms with van der Waals surface area (Å²) in [6, 6.07) is 5.14. The van der Waals surface area contributed by atoms with Crippen molar-refractivity contribution in [2.24, 2.45) is 5.73 Å². The van der Waals surface area contributed by atoms with Crippen LogP contribution >= 0.6 is 15.9 Å². The van der Waals surface area contributed by atoms with Crippen LogP contribution in [0.4, 0.5) is 5.82 Å². The summed E-state index contributed by atoms with van der Waals surface area (Å²) in [7, 11) is 0. The van der Waals surface area contributed by atoms with E-state index in [0.717, 1.165) is 10.0 Å². The summed E-state index contributed by atoms with van der Waals surface area (Å²) < 4.78 is 6.12. The van der Waals surface area contributed by atoms with Crippen molar-refractivity contribution in [3.8, 4) is 0 Å². The largest absolute Gasteiger partial charge is 0.455 e. The maximum Gasteiger partial charge on any atom is 0.292 e. The number of carbonyl (C=O) groups is 1. The minimum absolute atomic E-state index is 0.222. The number of halogens is 1. The fourth-order valence-corrected chi connectivity index (χ4v) is 1.90. The van der Waals surface area contributed by atoms with Crippen molar-refractivity contribution in [3.05, 3.63) is 46.0 Å². The molecular formula is C12H12BrN3O2. The summed E-state index contributed by atoms with van der Waals surface area (Å²) in [6.45, 7) is 2.13. The monoisotopic (exact) mass is 309 g/mol. The van der Waals surface area contributed by atoms with Gasteiger partial charge in [0.25, 0.3) is 5.91 Å². The molecule has 1 amide bonds. The summed E-state index contributed by atoms with van der Waals surface area (Å²) in [5.41, 5.74) is 6.28. The van der Waals surface area contributed by atoms with Gasteiger partial charge >= 0.3 is 0 Å². The second kappa shape index (κ2) is 5.32. The summed E-state index contributed by atoms with van der Waals surface area (Å²) >= 11 is 3.31. The standard InChI is InChI=1S/C12H12BrN3O2/c1-7-4-8(13)6-15-11(7)16-12(17)10-3-2-9(5-14)18-10/h2-4,6H,5,14H2,1H3,(H,15,16,17). The average molecular weight is 310 g/mol. The summed E-state index contributed by atoms with van der Waals surface area (Å²) in [5, 5.41) is 2.69. The number of aryl methyl sites for hydroxylation is 1. The van der Waals surface area contributed by atoms with Gasteiger partial charge in [-0.05, 0) is 46.6 Å². The van der Waals surface area contributed by atoms with Crippen LogP contribution in [0.1, 0.15) is 21.9 Å². The highest BCUT2D eigenvalue weighted by molar-refractivity contribution is 9.10. The number of aromatic nitrogens is 1. The predicted octanol–water partition coefficient (Wildman–Crippen LogP) is 2.46. The van der Waals surface area contributed by atoms with Crippen LogP contribution in [0.25, 0.3) is 0 Å². The Labute approximate surface area is 113 Å². The molecule has 0 fully saturated rings. The van der Waals surface area contributed by atoms with Gasteiger partial charge in [0.05, 0.1) is 6.54 Å². The summed E-state index contributed by atoms with van der Waals surface area (Å²) in [4.78, 5) is 16.0. The molecule has 2 aromatic rings. The second-order valence-electron chi connectivity index (χ2n) is 3.74. The minimum atomic E-state index is -0.340. The molecule has 3 N–H and O–H groups in total. The topological polar surface area (TPSA) is 81.2 Å². The van der Waals surface area contributed by atoms with Gasteiger partial charge in [0.15, 0.2) is 5.76 Å². The Bertz CT molecular complexity index is 580. The molecule has 0 aliphatic heterocycles. The van der Waals surface area contributed by atoms with Crippen molar-refractivity contribution in [3.63, 3.8) is 0 Å². The van der Waals surface area contributed by atoms with Crippen molar-refractivity contribution in [1.82, 2.24) is 4.98 Å². The lowest BCUT2D eigenvalue weighted by Crippen LogP contribution is -2.13. The lowest BCUT2D eigenvalue weighted by Gasteiger charge is -2.05. The Morgan fingerprint density at radius 2 is 2.33 bits per heavy atom. The molecule has 0 spiro atoms. The molecule has 2 aromatic heterocycles. The molecule has 0 radical (unpaired) electrons. The fraction of sp³-hybridized carbons (Fsp3) is 0.167. The molecule has 0 bridgehead atoms. The van der Waals surface area contributed by atoms with E-state index in [9.17, 15) is 4.79 Å². The van der Waals surface area contributed by atoms with Crippen molar-refractivity contribution < 1.29 is 9.21 Å². The molecule has 0 saturated heterocycles. The predicted molar refractivity (Wildman–Crippen MR) is 71.2 cm³/mol. The zero-order valence-corrected chi connectivity index (χ0v) is 11.3. The molecule has 0 atom stereocenters. The van der Waals surface area contributed by atoms with Gasteiger partial charge in [0, 0.05) is 10.7 Å². The first-order chi connectivity index (χ1) is 8.60. The van der Waals surface area contributed by atoms with Gasteiger partial charge in [0.1, 0.15) is 11.6 Å². The van der Waals surface area contributed by atoms with Crippen LogP contribution in [0, 0.1) is 6.92 Å². The number of hydrogen-bond donors (Lipinski definition) is 2. The second-order valence-corrected chi connectivity index (χ2v) is 4.66. The molecule has 94 valence electrons. The number of furan rings is 1. The molecule has 5 nitrogen and oxygen atoms in total. The number of carbonyl (C=O) groups excluding carboxylic acids is 1. The van der Waals surface area contributed by atoms with E-state index < -0.39 is 0 Å². The zero-order valence-electron chi connectivity index (χ0n) is 9.74. The van der Waals surface area contributed by atoms with Crippen molar-refractivity contribution in [2.75, 3.05) is 5.32 Å². The van der Waals surface area contributed by atoms with E-state index in [4.69, 9.17) is 10.2 Å². The Hall–Kier alpha value is -1.66. The molecule has 18 heavy (non-hydrogen) atoms. The van der Waals surface area contributed by atoms with E-state index in [2.05, 4.69) is 26.2 Å². The highest BCUT2D eigenvalue weighted by Crippen LogP contribution is 2.18. The molecule has 6 heteroatoms. The zero-order chi connectivity index (χ0) is 13.1. The van der Waals surface area contributed by atoms with Gasteiger partial charge in [-0.2, -0.15) is 0 Å².